The minimum atomic E-state index is -0.287. The van der Waals surface area contributed by atoms with Crippen molar-refractivity contribution in [1.82, 2.24) is 25.4 Å². The van der Waals surface area contributed by atoms with Crippen LogP contribution in [0, 0.1) is 6.92 Å². The number of nitrogens with zero attached hydrogens (tertiary/aromatic N) is 5. The van der Waals surface area contributed by atoms with Crippen LogP contribution in [-0.4, -0.2) is 31.3 Å². The van der Waals surface area contributed by atoms with Gasteiger partial charge in [-0.15, -0.1) is 5.10 Å². The van der Waals surface area contributed by atoms with Crippen molar-refractivity contribution in [2.45, 2.75) is 19.9 Å². The number of aromatic nitrogens is 5. The van der Waals surface area contributed by atoms with Crippen LogP contribution in [0.3, 0.4) is 0 Å². The summed E-state index contributed by atoms with van der Waals surface area (Å²) in [6.45, 7) is 1.77. The lowest BCUT2D eigenvalue weighted by molar-refractivity contribution is -0.117. The minimum absolute atomic E-state index is 0.00138. The van der Waals surface area contributed by atoms with Gasteiger partial charge in [0.1, 0.15) is 6.54 Å². The first kappa shape index (κ1) is 15.3. The number of carbonyl (C=O) groups excluding carboxylic acids is 1. The summed E-state index contributed by atoms with van der Waals surface area (Å²) >= 11 is 3.39. The van der Waals surface area contributed by atoms with Crippen molar-refractivity contribution >= 4 is 27.7 Å². The molecular weight excluding hydrogens is 364 g/mol. The van der Waals surface area contributed by atoms with Gasteiger partial charge in [0.05, 0.1) is 5.69 Å². The molecule has 1 amide bonds. The van der Waals surface area contributed by atoms with Gasteiger partial charge in [0.15, 0.2) is 5.82 Å². The second kappa shape index (κ2) is 6.69. The van der Waals surface area contributed by atoms with E-state index >= 15 is 0 Å². The molecule has 8 nitrogen and oxygen atoms in total. The lowest BCUT2D eigenvalue weighted by Crippen LogP contribution is -2.21. The molecule has 0 spiro atoms. The average Bonchev–Trinajstić information content (AvgIpc) is 3.11. The van der Waals surface area contributed by atoms with Crippen LogP contribution in [0.25, 0.3) is 0 Å². The van der Waals surface area contributed by atoms with Crippen molar-refractivity contribution in [3.8, 4) is 0 Å². The quantitative estimate of drug-likeness (QED) is 0.730. The van der Waals surface area contributed by atoms with Crippen LogP contribution in [-0.2, 0) is 17.8 Å². The zero-order valence-electron chi connectivity index (χ0n) is 12.2. The molecule has 1 N–H and O–H groups in total. The lowest BCUT2D eigenvalue weighted by Gasteiger charge is -2.04. The number of hydrogen-bond acceptors (Lipinski definition) is 6. The van der Waals surface area contributed by atoms with Gasteiger partial charge >= 0.3 is 0 Å². The third kappa shape index (κ3) is 4.01. The van der Waals surface area contributed by atoms with Crippen molar-refractivity contribution in [2.75, 3.05) is 5.32 Å². The molecular formula is C14H13BrN6O2. The highest BCUT2D eigenvalue weighted by atomic mass is 79.9. The normalized spacial score (nSPS) is 10.7. The maximum atomic E-state index is 12.0. The van der Waals surface area contributed by atoms with Gasteiger partial charge in [-0.05, 0) is 35.0 Å². The molecule has 9 heteroatoms. The van der Waals surface area contributed by atoms with Gasteiger partial charge in [-0.3, -0.25) is 10.1 Å². The Hall–Kier alpha value is -2.55. The molecule has 0 aliphatic heterocycles. The fourth-order valence-electron chi connectivity index (χ4n) is 1.99. The molecule has 0 radical (unpaired) electrons. The monoisotopic (exact) mass is 376 g/mol. The third-order valence-electron chi connectivity index (χ3n) is 3.07. The van der Waals surface area contributed by atoms with Crippen LogP contribution in [0.15, 0.2) is 39.3 Å². The fraction of sp³-hybridized carbons (Fsp3) is 0.214. The van der Waals surface area contributed by atoms with Gasteiger partial charge in [-0.2, -0.15) is 0 Å². The number of tetrazole rings is 1. The Kier molecular flexibility index (Phi) is 4.47. The molecule has 1 aromatic carbocycles. The molecule has 0 aliphatic rings. The van der Waals surface area contributed by atoms with Gasteiger partial charge in [-0.1, -0.05) is 33.2 Å². The summed E-state index contributed by atoms with van der Waals surface area (Å²) in [6, 6.07) is 9.48. The molecule has 0 unspecified atom stereocenters. The summed E-state index contributed by atoms with van der Waals surface area (Å²) in [5.74, 6) is 0.622. The van der Waals surface area contributed by atoms with Gasteiger partial charge < -0.3 is 4.52 Å². The maximum absolute atomic E-state index is 12.0. The summed E-state index contributed by atoms with van der Waals surface area (Å²) in [5, 5.41) is 17.8. The van der Waals surface area contributed by atoms with Crippen LogP contribution in [0.5, 0.6) is 0 Å². The smallest absolute Gasteiger partial charge is 0.248 e. The molecule has 2 aromatic heterocycles. The van der Waals surface area contributed by atoms with E-state index in [1.54, 1.807) is 13.0 Å². The Balaban J connectivity index is 1.66. The molecule has 23 heavy (non-hydrogen) atoms. The second-order valence-electron chi connectivity index (χ2n) is 4.94. The Labute approximate surface area is 140 Å². The Morgan fingerprint density at radius 2 is 2.13 bits per heavy atom. The molecule has 3 aromatic rings. The van der Waals surface area contributed by atoms with Gasteiger partial charge in [-0.25, -0.2) is 4.68 Å². The highest BCUT2D eigenvalue weighted by Crippen LogP contribution is 2.13. The topological polar surface area (TPSA) is 98.7 Å². The molecule has 0 saturated heterocycles. The fourth-order valence-corrected chi connectivity index (χ4v) is 2.26. The number of halogens is 1. The summed E-state index contributed by atoms with van der Waals surface area (Å²) in [5.41, 5.74) is 1.74. The van der Waals surface area contributed by atoms with Crippen molar-refractivity contribution in [3.63, 3.8) is 0 Å². The molecule has 2 heterocycles. The molecule has 0 atom stereocenters. The number of benzene rings is 1. The van der Waals surface area contributed by atoms with Gasteiger partial charge in [0.25, 0.3) is 0 Å². The van der Waals surface area contributed by atoms with Gasteiger partial charge in [0, 0.05) is 17.0 Å². The van der Waals surface area contributed by atoms with E-state index in [0.717, 1.165) is 10.0 Å². The van der Waals surface area contributed by atoms with E-state index in [-0.39, 0.29) is 12.5 Å². The average molecular weight is 377 g/mol. The lowest BCUT2D eigenvalue weighted by atomic mass is 10.1. The summed E-state index contributed by atoms with van der Waals surface area (Å²) < 4.78 is 7.41. The predicted octanol–water partition coefficient (Wildman–Crippen LogP) is 1.96. The highest BCUT2D eigenvalue weighted by molar-refractivity contribution is 9.10. The number of anilines is 1. The van der Waals surface area contributed by atoms with E-state index in [2.05, 4.69) is 41.9 Å². The van der Waals surface area contributed by atoms with E-state index < -0.39 is 0 Å². The zero-order chi connectivity index (χ0) is 16.2. The van der Waals surface area contributed by atoms with E-state index in [1.807, 2.05) is 24.3 Å². The van der Waals surface area contributed by atoms with Gasteiger partial charge in [0.2, 0.25) is 11.8 Å². The number of amides is 1. The number of rotatable bonds is 5. The molecule has 0 saturated carbocycles. The van der Waals surface area contributed by atoms with Crippen LogP contribution in [0.2, 0.25) is 0 Å². The van der Waals surface area contributed by atoms with Crippen molar-refractivity contribution in [1.29, 1.82) is 0 Å². The van der Waals surface area contributed by atoms with Crippen molar-refractivity contribution < 1.29 is 9.32 Å². The van der Waals surface area contributed by atoms with Crippen LogP contribution >= 0.6 is 15.9 Å². The molecule has 118 valence electrons. The van der Waals surface area contributed by atoms with E-state index in [4.69, 9.17) is 4.52 Å². The second-order valence-corrected chi connectivity index (χ2v) is 5.85. The number of carbonyl (C=O) groups is 1. The molecule has 0 fully saturated rings. The highest BCUT2D eigenvalue weighted by Gasteiger charge is 2.13. The first-order chi connectivity index (χ1) is 11.1. The van der Waals surface area contributed by atoms with Crippen molar-refractivity contribution in [3.05, 3.63) is 51.9 Å². The third-order valence-corrected chi connectivity index (χ3v) is 3.59. The first-order valence-electron chi connectivity index (χ1n) is 6.83. The van der Waals surface area contributed by atoms with Crippen LogP contribution < -0.4 is 5.32 Å². The number of hydrogen-bond donors (Lipinski definition) is 1. The maximum Gasteiger partial charge on any atom is 0.248 e. The summed E-state index contributed by atoms with van der Waals surface area (Å²) in [7, 11) is 0. The van der Waals surface area contributed by atoms with E-state index in [9.17, 15) is 4.79 Å². The Morgan fingerprint density at radius 3 is 2.83 bits per heavy atom. The van der Waals surface area contributed by atoms with E-state index in [0.29, 0.717) is 23.8 Å². The number of aryl methyl sites for hydroxylation is 1. The van der Waals surface area contributed by atoms with E-state index in [1.165, 1.54) is 4.68 Å². The number of nitrogens with one attached hydrogen (secondary N) is 1. The minimum Gasteiger partial charge on any atom is -0.338 e. The summed E-state index contributed by atoms with van der Waals surface area (Å²) in [6.07, 6.45) is 0.537. The predicted molar refractivity (Wildman–Crippen MR) is 84.6 cm³/mol. The van der Waals surface area contributed by atoms with Crippen LogP contribution in [0.4, 0.5) is 5.88 Å². The Morgan fingerprint density at radius 1 is 1.35 bits per heavy atom. The molecule has 3 rings (SSSR count). The Bertz CT molecular complexity index is 811. The summed E-state index contributed by atoms with van der Waals surface area (Å²) in [4.78, 5) is 12.0. The van der Waals surface area contributed by atoms with Crippen LogP contribution in [0.1, 0.15) is 17.1 Å². The van der Waals surface area contributed by atoms with Crippen molar-refractivity contribution in [2.24, 2.45) is 0 Å². The standard InChI is InChI=1S/C14H13BrN6O2/c1-9-6-14(23-18-9)16-13(22)8-21-12(17-19-20-21)7-10-2-4-11(15)5-3-10/h2-6H,7-8H2,1H3,(H,16,22). The molecule has 0 aliphatic carbocycles. The SMILES string of the molecule is Cc1cc(NC(=O)Cn2nnnc2Cc2ccc(Br)cc2)on1. The molecule has 0 bridgehead atoms. The zero-order valence-corrected chi connectivity index (χ0v) is 13.8. The first-order valence-corrected chi connectivity index (χ1v) is 7.62. The largest absolute Gasteiger partial charge is 0.338 e.